The van der Waals surface area contributed by atoms with Crippen LogP contribution in [0.5, 0.6) is 0 Å². The summed E-state index contributed by atoms with van der Waals surface area (Å²) in [5.41, 5.74) is 3.91. The third-order valence-corrected chi connectivity index (χ3v) is 4.22. The number of hydrogen-bond donors (Lipinski definition) is 0. The summed E-state index contributed by atoms with van der Waals surface area (Å²) in [4.78, 5) is 0. The lowest BCUT2D eigenvalue weighted by molar-refractivity contribution is 1.50. The minimum Gasteiger partial charge on any atom is -0.0683 e. The number of hydrogen-bond acceptors (Lipinski definition) is 0. The Morgan fingerprint density at radius 3 is 1.83 bits per heavy atom. The molecule has 0 unspecified atom stereocenters. The van der Waals surface area contributed by atoms with Gasteiger partial charge >= 0.3 is 0 Å². The summed E-state index contributed by atoms with van der Waals surface area (Å²) in [6, 6.07) is 28.2. The second kappa shape index (κ2) is 6.66. The Kier molecular flexibility index (Phi) is 4.43. The topological polar surface area (TPSA) is 0 Å². The first-order valence-electron chi connectivity index (χ1n) is 8.31. The third kappa shape index (κ3) is 2.73. The van der Waals surface area contributed by atoms with Gasteiger partial charge in [-0.05, 0) is 45.2 Å². The predicted octanol–water partition coefficient (Wildman–Crippen LogP) is 6.99. The third-order valence-electron chi connectivity index (χ3n) is 4.22. The molecule has 0 saturated carbocycles. The number of rotatable bonds is 1. The first kappa shape index (κ1) is 15.3. The summed E-state index contributed by atoms with van der Waals surface area (Å²) in [7, 11) is 0. The fourth-order valence-electron chi connectivity index (χ4n) is 3.15. The van der Waals surface area contributed by atoms with Crippen molar-refractivity contribution >= 4 is 21.5 Å². The summed E-state index contributed by atoms with van der Waals surface area (Å²) in [5.74, 6) is 0. The molecule has 4 aromatic carbocycles. The lowest BCUT2D eigenvalue weighted by Crippen LogP contribution is -1.84. The second-order valence-electron chi connectivity index (χ2n) is 5.50. The Balaban J connectivity index is 0.000000753. The SMILES string of the molecule is CC.Cc1cccc2c1ccc1c(-c3ccccc3)cccc12. The average Bonchev–Trinajstić information content (AvgIpc) is 2.64. The minimum atomic E-state index is 1.27. The summed E-state index contributed by atoms with van der Waals surface area (Å²) < 4.78 is 0. The summed E-state index contributed by atoms with van der Waals surface area (Å²) >= 11 is 0. The predicted molar refractivity (Wildman–Crippen MR) is 103 cm³/mol. The van der Waals surface area contributed by atoms with E-state index >= 15 is 0 Å². The smallest absolute Gasteiger partial charge is 0.00990 e. The quantitative estimate of drug-likeness (QED) is 0.332. The lowest BCUT2D eigenvalue weighted by atomic mass is 9.93. The molecule has 0 radical (unpaired) electrons. The maximum Gasteiger partial charge on any atom is -0.00990 e. The van der Waals surface area contributed by atoms with Crippen molar-refractivity contribution < 1.29 is 0 Å². The van der Waals surface area contributed by atoms with Gasteiger partial charge in [0.2, 0.25) is 0 Å². The van der Waals surface area contributed by atoms with Crippen LogP contribution in [-0.4, -0.2) is 0 Å². The molecule has 0 bridgehead atoms. The van der Waals surface area contributed by atoms with E-state index in [-0.39, 0.29) is 0 Å². The molecule has 0 heteroatoms. The zero-order valence-corrected chi connectivity index (χ0v) is 14.0. The number of fused-ring (bicyclic) bond motifs is 3. The van der Waals surface area contributed by atoms with Crippen LogP contribution in [0.25, 0.3) is 32.7 Å². The van der Waals surface area contributed by atoms with E-state index < -0.39 is 0 Å². The zero-order chi connectivity index (χ0) is 16.2. The molecule has 0 aliphatic heterocycles. The van der Waals surface area contributed by atoms with Crippen molar-refractivity contribution in [3.63, 3.8) is 0 Å². The fourth-order valence-corrected chi connectivity index (χ4v) is 3.15. The number of aryl methyl sites for hydroxylation is 1. The van der Waals surface area contributed by atoms with Crippen LogP contribution in [-0.2, 0) is 0 Å². The van der Waals surface area contributed by atoms with Gasteiger partial charge in [0, 0.05) is 0 Å². The van der Waals surface area contributed by atoms with Crippen LogP contribution in [0.2, 0.25) is 0 Å². The highest BCUT2D eigenvalue weighted by Crippen LogP contribution is 2.33. The molecule has 4 aromatic rings. The molecule has 0 aliphatic carbocycles. The largest absolute Gasteiger partial charge is 0.0683 e. The van der Waals surface area contributed by atoms with Crippen molar-refractivity contribution in [3.05, 3.63) is 84.4 Å². The highest BCUT2D eigenvalue weighted by atomic mass is 14.1. The van der Waals surface area contributed by atoms with E-state index in [4.69, 9.17) is 0 Å². The fraction of sp³-hybridized carbons (Fsp3) is 0.130. The first-order chi connectivity index (χ1) is 11.3. The van der Waals surface area contributed by atoms with Gasteiger partial charge in [0.05, 0.1) is 0 Å². The van der Waals surface area contributed by atoms with Crippen molar-refractivity contribution in [1.82, 2.24) is 0 Å². The Hall–Kier alpha value is -2.60. The van der Waals surface area contributed by atoms with Crippen LogP contribution >= 0.6 is 0 Å². The Bertz CT molecular complexity index is 934. The van der Waals surface area contributed by atoms with Crippen molar-refractivity contribution in [2.75, 3.05) is 0 Å². The maximum atomic E-state index is 2.26. The molecule has 0 amide bonds. The normalized spacial score (nSPS) is 10.4. The molecular weight excluding hydrogens is 276 g/mol. The van der Waals surface area contributed by atoms with Crippen LogP contribution in [0.1, 0.15) is 19.4 Å². The van der Waals surface area contributed by atoms with Gasteiger partial charge < -0.3 is 0 Å². The molecule has 0 aliphatic rings. The van der Waals surface area contributed by atoms with Gasteiger partial charge in [0.25, 0.3) is 0 Å². The van der Waals surface area contributed by atoms with E-state index in [2.05, 4.69) is 85.8 Å². The highest BCUT2D eigenvalue weighted by Gasteiger charge is 2.07. The van der Waals surface area contributed by atoms with Gasteiger partial charge in [0.15, 0.2) is 0 Å². The molecule has 0 fully saturated rings. The second-order valence-corrected chi connectivity index (χ2v) is 5.50. The standard InChI is InChI=1S/C21H16.C2H6/c1-15-7-5-11-19-17(15)13-14-21-18(10-6-12-20(19)21)16-8-3-2-4-9-16;1-2/h2-14H,1H3;1-2H3. The Morgan fingerprint density at radius 2 is 1.09 bits per heavy atom. The lowest BCUT2D eigenvalue weighted by Gasteiger charge is -2.10. The zero-order valence-electron chi connectivity index (χ0n) is 14.0. The van der Waals surface area contributed by atoms with E-state index in [1.165, 1.54) is 38.2 Å². The number of benzene rings is 4. The molecule has 0 atom stereocenters. The van der Waals surface area contributed by atoms with E-state index in [1.807, 2.05) is 13.8 Å². The van der Waals surface area contributed by atoms with Gasteiger partial charge in [-0.3, -0.25) is 0 Å². The molecule has 0 aromatic heterocycles. The summed E-state index contributed by atoms with van der Waals surface area (Å²) in [5, 5.41) is 5.33. The first-order valence-corrected chi connectivity index (χ1v) is 8.31. The maximum absolute atomic E-state index is 2.26. The van der Waals surface area contributed by atoms with Crippen LogP contribution in [0.4, 0.5) is 0 Å². The molecule has 0 spiro atoms. The molecule has 0 N–H and O–H groups in total. The summed E-state index contributed by atoms with van der Waals surface area (Å²) in [6.07, 6.45) is 0. The molecule has 0 heterocycles. The van der Waals surface area contributed by atoms with Crippen LogP contribution < -0.4 is 0 Å². The van der Waals surface area contributed by atoms with Crippen LogP contribution in [0.15, 0.2) is 78.9 Å². The van der Waals surface area contributed by atoms with Crippen LogP contribution in [0, 0.1) is 6.92 Å². The van der Waals surface area contributed by atoms with Crippen molar-refractivity contribution in [1.29, 1.82) is 0 Å². The van der Waals surface area contributed by atoms with E-state index in [9.17, 15) is 0 Å². The molecule has 23 heavy (non-hydrogen) atoms. The Labute approximate surface area is 138 Å². The van der Waals surface area contributed by atoms with E-state index in [0.29, 0.717) is 0 Å². The van der Waals surface area contributed by atoms with E-state index in [1.54, 1.807) is 0 Å². The van der Waals surface area contributed by atoms with Gasteiger partial charge in [-0.25, -0.2) is 0 Å². The van der Waals surface area contributed by atoms with E-state index in [0.717, 1.165) is 0 Å². The van der Waals surface area contributed by atoms with Gasteiger partial charge in [-0.15, -0.1) is 0 Å². The average molecular weight is 298 g/mol. The van der Waals surface area contributed by atoms with Crippen molar-refractivity contribution in [2.45, 2.75) is 20.8 Å². The van der Waals surface area contributed by atoms with Gasteiger partial charge in [-0.2, -0.15) is 0 Å². The molecule has 114 valence electrons. The van der Waals surface area contributed by atoms with Crippen LogP contribution in [0.3, 0.4) is 0 Å². The molecule has 4 rings (SSSR count). The minimum absolute atomic E-state index is 1.27. The Morgan fingerprint density at radius 1 is 0.478 bits per heavy atom. The van der Waals surface area contributed by atoms with Crippen molar-refractivity contribution in [3.8, 4) is 11.1 Å². The van der Waals surface area contributed by atoms with Gasteiger partial charge in [0.1, 0.15) is 0 Å². The monoisotopic (exact) mass is 298 g/mol. The molecule has 0 nitrogen and oxygen atoms in total. The van der Waals surface area contributed by atoms with Crippen molar-refractivity contribution in [2.24, 2.45) is 0 Å². The summed E-state index contributed by atoms with van der Waals surface area (Å²) in [6.45, 7) is 6.18. The highest BCUT2D eigenvalue weighted by molar-refractivity contribution is 6.12. The molecule has 0 saturated heterocycles. The molecular formula is C23H22. The van der Waals surface area contributed by atoms with Gasteiger partial charge in [-0.1, -0.05) is 92.7 Å².